The molecule has 102 valence electrons. The molecule has 0 saturated carbocycles. The van der Waals surface area contributed by atoms with Crippen molar-refractivity contribution in [2.45, 2.75) is 37.1 Å². The minimum absolute atomic E-state index is 0.401. The molecular weight excluding hydrogens is 254 g/mol. The van der Waals surface area contributed by atoms with E-state index in [0.29, 0.717) is 6.04 Å². The van der Waals surface area contributed by atoms with E-state index in [-0.39, 0.29) is 0 Å². The monoisotopic (exact) mass is 275 g/mol. The predicted octanol–water partition coefficient (Wildman–Crippen LogP) is 3.48. The molecule has 0 aliphatic rings. The van der Waals surface area contributed by atoms with Crippen LogP contribution in [-0.4, -0.2) is 16.6 Å². The molecule has 1 aromatic carbocycles. The van der Waals surface area contributed by atoms with Crippen molar-refractivity contribution < 1.29 is 0 Å². The fraction of sp³-hybridized carbons (Fsp3) is 0.400. The van der Waals surface area contributed by atoms with Gasteiger partial charge in [0.25, 0.3) is 0 Å². The summed E-state index contributed by atoms with van der Waals surface area (Å²) < 4.78 is 2.18. The third-order valence-corrected chi connectivity index (χ3v) is 4.33. The Morgan fingerprint density at radius 3 is 2.68 bits per heavy atom. The number of nitrogens with zero attached hydrogens (tertiary/aromatic N) is 2. The number of thioether (sulfide) groups is 1. The fourth-order valence-corrected chi connectivity index (χ4v) is 2.80. The zero-order valence-electron chi connectivity index (χ0n) is 11.8. The number of imidazole rings is 1. The van der Waals surface area contributed by atoms with E-state index in [1.54, 1.807) is 0 Å². The first-order chi connectivity index (χ1) is 9.24. The second-order valence-corrected chi connectivity index (χ2v) is 5.55. The molecule has 4 heteroatoms. The molecule has 0 aliphatic carbocycles. The summed E-state index contributed by atoms with van der Waals surface area (Å²) in [5.74, 6) is 2.06. The number of hydrogen-bond donors (Lipinski definition) is 1. The van der Waals surface area contributed by atoms with Gasteiger partial charge in [-0.25, -0.2) is 4.98 Å². The molecule has 0 amide bonds. The fourth-order valence-electron chi connectivity index (χ4n) is 1.94. The Morgan fingerprint density at radius 2 is 2.05 bits per heavy atom. The molecule has 1 heterocycles. The van der Waals surface area contributed by atoms with Gasteiger partial charge in [-0.3, -0.25) is 0 Å². The molecule has 0 fully saturated rings. The van der Waals surface area contributed by atoms with E-state index in [4.69, 9.17) is 0 Å². The quantitative estimate of drug-likeness (QED) is 0.819. The molecule has 0 spiro atoms. The van der Waals surface area contributed by atoms with Crippen LogP contribution < -0.4 is 5.32 Å². The third kappa shape index (κ3) is 3.61. The number of rotatable bonds is 6. The van der Waals surface area contributed by atoms with E-state index in [1.165, 1.54) is 10.5 Å². The Bertz CT molecular complexity index is 504. The van der Waals surface area contributed by atoms with E-state index >= 15 is 0 Å². The van der Waals surface area contributed by atoms with E-state index in [0.717, 1.165) is 18.1 Å². The zero-order chi connectivity index (χ0) is 13.7. The Hall–Kier alpha value is -1.26. The van der Waals surface area contributed by atoms with E-state index in [2.05, 4.69) is 53.0 Å². The highest BCUT2D eigenvalue weighted by molar-refractivity contribution is 7.98. The highest BCUT2D eigenvalue weighted by atomic mass is 32.2. The summed E-state index contributed by atoms with van der Waals surface area (Å²) >= 11 is 1.83. The van der Waals surface area contributed by atoms with Gasteiger partial charge in [0.05, 0.1) is 5.75 Å². The Balaban J connectivity index is 1.96. The molecule has 1 unspecified atom stereocenters. The lowest BCUT2D eigenvalue weighted by molar-refractivity contribution is 0.652. The number of hydrogen-bond acceptors (Lipinski definition) is 3. The van der Waals surface area contributed by atoms with Crippen molar-refractivity contribution in [3.05, 3.63) is 48.0 Å². The first-order valence-corrected chi connectivity index (χ1v) is 7.63. The number of aromatic nitrogens is 2. The average Bonchev–Trinajstić information content (AvgIpc) is 2.92. The summed E-state index contributed by atoms with van der Waals surface area (Å²) in [6.45, 7) is 5.29. The van der Waals surface area contributed by atoms with Gasteiger partial charge in [0.1, 0.15) is 5.82 Å². The largest absolute Gasteiger partial charge is 0.335 e. The lowest BCUT2D eigenvalue weighted by atomic mass is 10.1. The van der Waals surface area contributed by atoms with Gasteiger partial charge in [0.15, 0.2) is 0 Å². The molecule has 0 aliphatic heterocycles. The van der Waals surface area contributed by atoms with Crippen LogP contribution in [0.2, 0.25) is 0 Å². The molecule has 2 rings (SSSR count). The predicted molar refractivity (Wildman–Crippen MR) is 81.4 cm³/mol. The van der Waals surface area contributed by atoms with Crippen molar-refractivity contribution in [1.82, 2.24) is 14.9 Å². The van der Waals surface area contributed by atoms with Gasteiger partial charge in [-0.15, -0.1) is 11.8 Å². The van der Waals surface area contributed by atoms with E-state index in [1.807, 2.05) is 31.2 Å². The standard InChI is InChI=1S/C15H21N3S/c1-4-18-10-9-17-15(18)11-19-14-7-5-13(6-8-14)12(2)16-3/h5-10,12,16H,4,11H2,1-3H3. The Morgan fingerprint density at radius 1 is 1.32 bits per heavy atom. The van der Waals surface area contributed by atoms with Crippen LogP contribution in [0.25, 0.3) is 0 Å². The van der Waals surface area contributed by atoms with Crippen LogP contribution in [0, 0.1) is 0 Å². The molecule has 3 nitrogen and oxygen atoms in total. The molecule has 0 radical (unpaired) electrons. The van der Waals surface area contributed by atoms with Gasteiger partial charge in [-0.05, 0) is 38.6 Å². The first-order valence-electron chi connectivity index (χ1n) is 6.64. The van der Waals surface area contributed by atoms with Crippen LogP contribution in [0.5, 0.6) is 0 Å². The van der Waals surface area contributed by atoms with Crippen molar-refractivity contribution in [2.24, 2.45) is 0 Å². The van der Waals surface area contributed by atoms with Crippen LogP contribution in [0.1, 0.15) is 31.3 Å². The van der Waals surface area contributed by atoms with Crippen LogP contribution in [0.4, 0.5) is 0 Å². The summed E-state index contributed by atoms with van der Waals surface area (Å²) in [6.07, 6.45) is 3.91. The van der Waals surface area contributed by atoms with E-state index in [9.17, 15) is 0 Å². The van der Waals surface area contributed by atoms with E-state index < -0.39 is 0 Å². The maximum atomic E-state index is 4.39. The van der Waals surface area contributed by atoms with Crippen LogP contribution in [0.3, 0.4) is 0 Å². The zero-order valence-corrected chi connectivity index (χ0v) is 12.6. The lowest BCUT2D eigenvalue weighted by Gasteiger charge is -2.11. The van der Waals surface area contributed by atoms with Crippen LogP contribution in [0.15, 0.2) is 41.6 Å². The minimum Gasteiger partial charge on any atom is -0.335 e. The highest BCUT2D eigenvalue weighted by Gasteiger charge is 2.04. The third-order valence-electron chi connectivity index (χ3n) is 3.32. The van der Waals surface area contributed by atoms with Gasteiger partial charge < -0.3 is 9.88 Å². The molecule has 1 atom stereocenters. The molecule has 1 aromatic heterocycles. The van der Waals surface area contributed by atoms with Crippen molar-refractivity contribution in [2.75, 3.05) is 7.05 Å². The summed E-state index contributed by atoms with van der Waals surface area (Å²) in [6, 6.07) is 9.16. The smallest absolute Gasteiger partial charge is 0.119 e. The van der Waals surface area contributed by atoms with Crippen LogP contribution in [-0.2, 0) is 12.3 Å². The normalized spacial score (nSPS) is 12.6. The molecule has 0 saturated heterocycles. The van der Waals surface area contributed by atoms with Gasteiger partial charge in [0.2, 0.25) is 0 Å². The number of nitrogens with one attached hydrogen (secondary N) is 1. The van der Waals surface area contributed by atoms with Gasteiger partial charge in [-0.1, -0.05) is 12.1 Å². The first kappa shape index (κ1) is 14.2. The van der Waals surface area contributed by atoms with Crippen LogP contribution >= 0.6 is 11.8 Å². The lowest BCUT2D eigenvalue weighted by Crippen LogP contribution is -2.11. The Kier molecular flexibility index (Phi) is 5.05. The Labute approximate surface area is 119 Å². The molecule has 2 aromatic rings. The summed E-state index contributed by atoms with van der Waals surface area (Å²) in [5.41, 5.74) is 1.32. The van der Waals surface area contributed by atoms with Crippen molar-refractivity contribution in [1.29, 1.82) is 0 Å². The number of aryl methyl sites for hydroxylation is 1. The second kappa shape index (κ2) is 6.78. The molecule has 1 N–H and O–H groups in total. The maximum Gasteiger partial charge on any atom is 0.119 e. The van der Waals surface area contributed by atoms with Crippen molar-refractivity contribution >= 4 is 11.8 Å². The molecule has 19 heavy (non-hydrogen) atoms. The summed E-state index contributed by atoms with van der Waals surface area (Å²) in [7, 11) is 1.98. The molecular formula is C15H21N3S. The minimum atomic E-state index is 0.401. The van der Waals surface area contributed by atoms with Crippen molar-refractivity contribution in [3.63, 3.8) is 0 Å². The maximum absolute atomic E-state index is 4.39. The van der Waals surface area contributed by atoms with Gasteiger partial charge >= 0.3 is 0 Å². The van der Waals surface area contributed by atoms with Crippen molar-refractivity contribution in [3.8, 4) is 0 Å². The topological polar surface area (TPSA) is 29.9 Å². The summed E-state index contributed by atoms with van der Waals surface area (Å²) in [4.78, 5) is 5.68. The van der Waals surface area contributed by atoms with Gasteiger partial charge in [-0.2, -0.15) is 0 Å². The number of benzene rings is 1. The highest BCUT2D eigenvalue weighted by Crippen LogP contribution is 2.24. The average molecular weight is 275 g/mol. The van der Waals surface area contributed by atoms with Gasteiger partial charge in [0, 0.05) is 29.9 Å². The summed E-state index contributed by atoms with van der Waals surface area (Å²) in [5, 5.41) is 3.25. The second-order valence-electron chi connectivity index (χ2n) is 4.50. The molecule has 0 bridgehead atoms. The SMILES string of the molecule is CCn1ccnc1CSc1ccc(C(C)NC)cc1.